The molecule has 0 saturated carbocycles. The first-order chi connectivity index (χ1) is 15.4. The second kappa shape index (κ2) is 8.96. The largest absolute Gasteiger partial charge is 0.508 e. The molecule has 1 aliphatic rings. The van der Waals surface area contributed by atoms with Crippen molar-refractivity contribution in [3.8, 4) is 16.9 Å². The van der Waals surface area contributed by atoms with Crippen molar-refractivity contribution in [3.63, 3.8) is 0 Å². The SMILES string of the molecule is C=Cc1cc(O)cc(-c2c(Cl)cc3c(N4CCN(C=CC(C)=O)CC4)ncnc3c2F)c1. The monoisotopic (exact) mass is 452 g/mol. The van der Waals surface area contributed by atoms with E-state index in [-0.39, 0.29) is 27.6 Å². The molecule has 0 unspecified atom stereocenters. The second-order valence-corrected chi connectivity index (χ2v) is 8.01. The van der Waals surface area contributed by atoms with Crippen molar-refractivity contribution < 1.29 is 14.3 Å². The Kier molecular flexibility index (Phi) is 6.10. The molecule has 32 heavy (non-hydrogen) atoms. The summed E-state index contributed by atoms with van der Waals surface area (Å²) in [5, 5.41) is 10.7. The lowest BCUT2D eigenvalue weighted by molar-refractivity contribution is -0.112. The lowest BCUT2D eigenvalue weighted by Gasteiger charge is -2.35. The molecule has 4 rings (SSSR count). The van der Waals surface area contributed by atoms with E-state index >= 15 is 4.39 Å². The van der Waals surface area contributed by atoms with Crippen molar-refractivity contribution in [2.24, 2.45) is 0 Å². The van der Waals surface area contributed by atoms with Gasteiger partial charge in [-0.05, 0) is 48.4 Å². The number of benzene rings is 2. The van der Waals surface area contributed by atoms with Gasteiger partial charge in [0.2, 0.25) is 0 Å². The Bertz CT molecular complexity index is 1240. The number of nitrogens with zero attached hydrogens (tertiary/aromatic N) is 4. The molecule has 2 heterocycles. The summed E-state index contributed by atoms with van der Waals surface area (Å²) in [6, 6.07) is 6.37. The molecule has 0 atom stereocenters. The van der Waals surface area contributed by atoms with Gasteiger partial charge in [0.25, 0.3) is 0 Å². The molecule has 0 aliphatic carbocycles. The number of phenols is 1. The molecule has 0 amide bonds. The highest BCUT2D eigenvalue weighted by Crippen LogP contribution is 2.39. The van der Waals surface area contributed by atoms with Crippen LogP contribution in [0.25, 0.3) is 28.1 Å². The van der Waals surface area contributed by atoms with Crippen molar-refractivity contribution >= 4 is 40.2 Å². The molecule has 3 aromatic rings. The number of aromatic hydroxyl groups is 1. The lowest BCUT2D eigenvalue weighted by atomic mass is 10.00. The third-order valence-electron chi connectivity index (χ3n) is 5.40. The van der Waals surface area contributed by atoms with Gasteiger partial charge in [-0.15, -0.1) is 0 Å². The molecule has 164 valence electrons. The zero-order chi connectivity index (χ0) is 22.8. The number of carbonyl (C=O) groups is 1. The molecule has 0 spiro atoms. The van der Waals surface area contributed by atoms with E-state index in [4.69, 9.17) is 11.6 Å². The topological polar surface area (TPSA) is 69.6 Å². The highest BCUT2D eigenvalue weighted by atomic mass is 35.5. The summed E-state index contributed by atoms with van der Waals surface area (Å²) in [5.74, 6) is 0.0372. The van der Waals surface area contributed by atoms with Crippen LogP contribution in [0.5, 0.6) is 5.75 Å². The Morgan fingerprint density at radius 3 is 2.62 bits per heavy atom. The fourth-order valence-corrected chi connectivity index (χ4v) is 4.12. The van der Waals surface area contributed by atoms with Crippen LogP contribution in [0.3, 0.4) is 0 Å². The maximum atomic E-state index is 15.6. The molecule has 0 radical (unpaired) electrons. The van der Waals surface area contributed by atoms with Gasteiger partial charge in [-0.3, -0.25) is 4.79 Å². The smallest absolute Gasteiger partial charge is 0.158 e. The predicted molar refractivity (Wildman–Crippen MR) is 125 cm³/mol. The maximum Gasteiger partial charge on any atom is 0.158 e. The van der Waals surface area contributed by atoms with Gasteiger partial charge in [0.1, 0.15) is 23.4 Å². The van der Waals surface area contributed by atoms with E-state index in [0.717, 1.165) is 0 Å². The standard InChI is InChI=1S/C24H22ClFN4O2/c1-3-16-10-17(12-18(32)11-16)21-20(25)13-19-23(22(21)26)27-14-28-24(19)30-8-6-29(7-9-30)5-4-15(2)31/h3-5,10-14,32H,1,6-9H2,2H3. The van der Waals surface area contributed by atoms with Gasteiger partial charge in [-0.2, -0.15) is 0 Å². The number of halogens is 2. The number of rotatable bonds is 5. The zero-order valence-corrected chi connectivity index (χ0v) is 18.3. The molecular formula is C24H22ClFN4O2. The van der Waals surface area contributed by atoms with E-state index in [0.29, 0.717) is 48.5 Å². The van der Waals surface area contributed by atoms with E-state index in [9.17, 15) is 9.90 Å². The van der Waals surface area contributed by atoms with E-state index in [1.165, 1.54) is 25.4 Å². The fraction of sp³-hybridized carbons (Fsp3) is 0.208. The summed E-state index contributed by atoms with van der Waals surface area (Å²) in [4.78, 5) is 23.9. The van der Waals surface area contributed by atoms with Crippen LogP contribution in [0, 0.1) is 5.82 Å². The summed E-state index contributed by atoms with van der Waals surface area (Å²) in [5.41, 5.74) is 1.42. The summed E-state index contributed by atoms with van der Waals surface area (Å²) in [6.45, 7) is 7.94. The van der Waals surface area contributed by atoms with E-state index < -0.39 is 5.82 Å². The molecule has 1 aromatic heterocycles. The van der Waals surface area contributed by atoms with Gasteiger partial charge in [0, 0.05) is 43.3 Å². The number of fused-ring (bicyclic) bond motifs is 1. The number of allylic oxidation sites excluding steroid dienone is 1. The minimum atomic E-state index is -0.570. The average molecular weight is 453 g/mol. The third kappa shape index (κ3) is 4.29. The number of aromatic nitrogens is 2. The van der Waals surface area contributed by atoms with Crippen molar-refractivity contribution in [3.05, 3.63) is 65.9 Å². The number of hydrogen-bond donors (Lipinski definition) is 1. The van der Waals surface area contributed by atoms with Crippen LogP contribution in [0.15, 0.2) is 49.4 Å². The molecule has 1 fully saturated rings. The molecule has 1 saturated heterocycles. The molecule has 1 aliphatic heterocycles. The molecule has 1 N–H and O–H groups in total. The van der Waals surface area contributed by atoms with Gasteiger partial charge >= 0.3 is 0 Å². The Morgan fingerprint density at radius 1 is 1.19 bits per heavy atom. The van der Waals surface area contributed by atoms with Gasteiger partial charge in [-0.25, -0.2) is 14.4 Å². The van der Waals surface area contributed by atoms with Crippen LogP contribution in [-0.4, -0.2) is 51.9 Å². The summed E-state index contributed by atoms with van der Waals surface area (Å²) < 4.78 is 15.6. The number of ketones is 1. The highest BCUT2D eigenvalue weighted by molar-refractivity contribution is 6.34. The van der Waals surface area contributed by atoms with E-state index in [1.54, 1.807) is 30.5 Å². The Morgan fingerprint density at radius 2 is 1.94 bits per heavy atom. The van der Waals surface area contributed by atoms with E-state index in [1.807, 2.05) is 0 Å². The Balaban J connectivity index is 1.72. The number of carbonyl (C=O) groups excluding carboxylic acids is 1. The van der Waals surface area contributed by atoms with Gasteiger partial charge in [0.15, 0.2) is 11.6 Å². The first kappa shape index (κ1) is 21.8. The predicted octanol–water partition coefficient (Wildman–Crippen LogP) is 4.66. The average Bonchev–Trinajstić information content (AvgIpc) is 2.77. The van der Waals surface area contributed by atoms with Crippen LogP contribution in [0.4, 0.5) is 10.2 Å². The number of anilines is 1. The van der Waals surface area contributed by atoms with Crippen LogP contribution >= 0.6 is 11.6 Å². The van der Waals surface area contributed by atoms with Crippen molar-refractivity contribution in [2.45, 2.75) is 6.92 Å². The minimum absolute atomic E-state index is 0.00194. The summed E-state index contributed by atoms with van der Waals surface area (Å²) >= 11 is 6.53. The first-order valence-electron chi connectivity index (χ1n) is 10.1. The molecule has 8 heteroatoms. The number of piperazine rings is 1. The van der Waals surface area contributed by atoms with E-state index in [2.05, 4.69) is 26.3 Å². The normalized spacial score (nSPS) is 14.3. The fourth-order valence-electron chi connectivity index (χ4n) is 3.82. The van der Waals surface area contributed by atoms with Crippen molar-refractivity contribution in [1.82, 2.24) is 14.9 Å². The van der Waals surface area contributed by atoms with Crippen LogP contribution < -0.4 is 4.90 Å². The zero-order valence-electron chi connectivity index (χ0n) is 17.6. The highest BCUT2D eigenvalue weighted by Gasteiger charge is 2.23. The summed E-state index contributed by atoms with van der Waals surface area (Å²) in [7, 11) is 0. The lowest BCUT2D eigenvalue weighted by Crippen LogP contribution is -2.44. The second-order valence-electron chi connectivity index (χ2n) is 7.61. The Hall–Kier alpha value is -3.45. The maximum absolute atomic E-state index is 15.6. The third-order valence-corrected chi connectivity index (χ3v) is 5.70. The van der Waals surface area contributed by atoms with Gasteiger partial charge < -0.3 is 14.9 Å². The number of phenolic OH excluding ortho intramolecular Hbond substituents is 1. The minimum Gasteiger partial charge on any atom is -0.508 e. The van der Waals surface area contributed by atoms with Crippen LogP contribution in [-0.2, 0) is 4.79 Å². The molecule has 0 bridgehead atoms. The molecule has 2 aromatic carbocycles. The number of hydrogen-bond acceptors (Lipinski definition) is 6. The van der Waals surface area contributed by atoms with Gasteiger partial charge in [0.05, 0.1) is 5.02 Å². The van der Waals surface area contributed by atoms with Crippen LogP contribution in [0.2, 0.25) is 5.02 Å². The molecule has 6 nitrogen and oxygen atoms in total. The summed E-state index contributed by atoms with van der Waals surface area (Å²) in [6.07, 6.45) is 6.26. The van der Waals surface area contributed by atoms with Crippen molar-refractivity contribution in [1.29, 1.82) is 0 Å². The van der Waals surface area contributed by atoms with Gasteiger partial charge in [-0.1, -0.05) is 24.3 Å². The van der Waals surface area contributed by atoms with Crippen molar-refractivity contribution in [2.75, 3.05) is 31.1 Å². The Labute approximate surface area is 190 Å². The first-order valence-corrected chi connectivity index (χ1v) is 10.5. The molecular weight excluding hydrogens is 431 g/mol. The van der Waals surface area contributed by atoms with Crippen LogP contribution in [0.1, 0.15) is 12.5 Å². The quantitative estimate of drug-likeness (QED) is 0.568.